The molecule has 0 aliphatic heterocycles. The Kier molecular flexibility index (Phi) is 10.1. The first-order valence-corrected chi connectivity index (χ1v) is 11.4. The number of hydrogen-bond donors (Lipinski definition) is 3. The summed E-state index contributed by atoms with van der Waals surface area (Å²) in [4.78, 5) is 4.57. The Hall–Kier alpha value is -1.78. The second-order valence-electron chi connectivity index (χ2n) is 7.49. The van der Waals surface area contributed by atoms with Gasteiger partial charge in [-0.25, -0.2) is 4.99 Å². The van der Waals surface area contributed by atoms with Crippen molar-refractivity contribution in [3.63, 3.8) is 0 Å². The number of halogens is 1. The number of nitrogens with zero attached hydrogens (tertiary/aromatic N) is 3. The molecule has 0 aliphatic rings. The molecule has 0 saturated heterocycles. The molecule has 0 radical (unpaired) electrons. The number of fused-ring (bicyclic) bond motifs is 1. The molecule has 8 heteroatoms. The minimum atomic E-state index is -1.06. The first-order chi connectivity index (χ1) is 14.5. The summed E-state index contributed by atoms with van der Waals surface area (Å²) >= 11 is 1.90. The number of aliphatic imine (C=N–C) groups is 1. The molecule has 0 bridgehead atoms. The third-order valence-corrected chi connectivity index (χ3v) is 5.90. The third-order valence-electron chi connectivity index (χ3n) is 4.89. The lowest BCUT2D eigenvalue weighted by atomic mass is 10.0. The normalized spacial score (nSPS) is 13.5. The van der Waals surface area contributed by atoms with Crippen molar-refractivity contribution < 1.29 is 5.11 Å². The van der Waals surface area contributed by atoms with Crippen LogP contribution < -0.4 is 10.6 Å². The predicted molar refractivity (Wildman–Crippen MR) is 142 cm³/mol. The van der Waals surface area contributed by atoms with Crippen molar-refractivity contribution in [2.45, 2.75) is 25.2 Å². The van der Waals surface area contributed by atoms with Crippen LogP contribution in [0, 0.1) is 0 Å². The lowest BCUT2D eigenvalue weighted by molar-refractivity contribution is 0.0672. The number of aliphatic hydroxyl groups is 1. The van der Waals surface area contributed by atoms with Crippen molar-refractivity contribution in [3.8, 4) is 0 Å². The average Bonchev–Trinajstić information content (AvgIpc) is 3.19. The lowest BCUT2D eigenvalue weighted by Gasteiger charge is -2.20. The van der Waals surface area contributed by atoms with E-state index >= 15 is 0 Å². The van der Waals surface area contributed by atoms with Gasteiger partial charge in [-0.15, -0.1) is 24.0 Å². The molecular weight excluding hydrogens is 521 g/mol. The van der Waals surface area contributed by atoms with Crippen LogP contribution in [-0.2, 0) is 18.4 Å². The number of benzene rings is 2. The van der Waals surface area contributed by atoms with E-state index in [9.17, 15) is 5.11 Å². The fraction of sp³-hybridized carbons (Fsp3) is 0.391. The van der Waals surface area contributed by atoms with E-state index in [0.717, 1.165) is 30.2 Å². The number of nitrogens with one attached hydrogen (secondary N) is 2. The first-order valence-electron chi connectivity index (χ1n) is 10.3. The minimum Gasteiger partial charge on any atom is -0.383 e. The van der Waals surface area contributed by atoms with Gasteiger partial charge in [0.25, 0.3) is 0 Å². The summed E-state index contributed by atoms with van der Waals surface area (Å²) in [7, 11) is 1.84. The molecule has 0 aliphatic carbocycles. The van der Waals surface area contributed by atoms with Crippen LogP contribution in [0.25, 0.3) is 10.8 Å². The highest BCUT2D eigenvalue weighted by Gasteiger charge is 2.24. The zero-order chi connectivity index (χ0) is 21.4. The van der Waals surface area contributed by atoms with Crippen LogP contribution in [0.4, 0.5) is 0 Å². The molecule has 3 rings (SSSR count). The molecule has 3 N–H and O–H groups in total. The smallest absolute Gasteiger partial charge is 0.191 e. The van der Waals surface area contributed by atoms with Crippen molar-refractivity contribution in [2.75, 3.05) is 25.4 Å². The average molecular weight is 554 g/mol. The molecule has 0 saturated carbocycles. The van der Waals surface area contributed by atoms with Gasteiger partial charge in [0.05, 0.1) is 12.7 Å². The fourth-order valence-corrected chi connectivity index (χ4v) is 4.07. The van der Waals surface area contributed by atoms with Gasteiger partial charge in [-0.2, -0.15) is 16.9 Å². The Balaban J connectivity index is 0.00000341. The quantitative estimate of drug-likeness (QED) is 0.162. The van der Waals surface area contributed by atoms with Crippen molar-refractivity contribution >= 4 is 52.5 Å². The van der Waals surface area contributed by atoms with Crippen LogP contribution in [0.5, 0.6) is 0 Å². The zero-order valence-corrected chi connectivity index (χ0v) is 21.5. The Morgan fingerprint density at radius 3 is 2.71 bits per heavy atom. The zero-order valence-electron chi connectivity index (χ0n) is 18.3. The molecule has 0 amide bonds. The molecule has 6 nitrogen and oxygen atoms in total. The maximum Gasteiger partial charge on any atom is 0.191 e. The van der Waals surface area contributed by atoms with E-state index in [0.29, 0.717) is 5.96 Å². The molecule has 0 fully saturated rings. The molecule has 168 valence electrons. The van der Waals surface area contributed by atoms with Gasteiger partial charge in [-0.1, -0.05) is 42.5 Å². The van der Waals surface area contributed by atoms with Crippen LogP contribution in [0.1, 0.15) is 25.0 Å². The Morgan fingerprint density at radius 1 is 1.19 bits per heavy atom. The first kappa shape index (κ1) is 25.5. The molecule has 0 spiro atoms. The van der Waals surface area contributed by atoms with E-state index in [1.165, 1.54) is 16.3 Å². The Labute approximate surface area is 205 Å². The number of rotatable bonds is 9. The Bertz CT molecular complexity index is 984. The molecule has 3 aromatic rings. The summed E-state index contributed by atoms with van der Waals surface area (Å²) in [6, 6.07) is 15.0. The highest BCUT2D eigenvalue weighted by Crippen LogP contribution is 2.22. The second kappa shape index (κ2) is 12.3. The van der Waals surface area contributed by atoms with Crippen molar-refractivity contribution in [1.82, 2.24) is 20.4 Å². The molecule has 2 aromatic carbocycles. The minimum absolute atomic E-state index is 0. The maximum atomic E-state index is 10.7. The van der Waals surface area contributed by atoms with Gasteiger partial charge in [0, 0.05) is 43.4 Å². The van der Waals surface area contributed by atoms with Gasteiger partial charge in [0.15, 0.2) is 5.96 Å². The van der Waals surface area contributed by atoms with Crippen LogP contribution in [0.3, 0.4) is 0 Å². The highest BCUT2D eigenvalue weighted by atomic mass is 127. The van der Waals surface area contributed by atoms with Crippen LogP contribution >= 0.6 is 35.7 Å². The summed E-state index contributed by atoms with van der Waals surface area (Å²) in [5.41, 5.74) is 1.07. The number of hydrogen-bond acceptors (Lipinski definition) is 4. The van der Waals surface area contributed by atoms with Gasteiger partial charge < -0.3 is 15.7 Å². The van der Waals surface area contributed by atoms with Gasteiger partial charge in [-0.3, -0.25) is 4.68 Å². The number of aryl methyl sites for hydroxylation is 1. The predicted octanol–water partition coefficient (Wildman–Crippen LogP) is 3.89. The van der Waals surface area contributed by atoms with Crippen LogP contribution in [0.2, 0.25) is 0 Å². The molecule has 31 heavy (non-hydrogen) atoms. The van der Waals surface area contributed by atoms with Gasteiger partial charge >= 0.3 is 0 Å². The van der Waals surface area contributed by atoms with Gasteiger partial charge in [0.2, 0.25) is 0 Å². The number of aromatic nitrogens is 2. The SMILES string of the molecule is CCNC(=NCC(C)(O)c1cnn(C)c1)NCCSCc1cccc2ccccc12.I. The van der Waals surface area contributed by atoms with E-state index in [1.807, 2.05) is 31.9 Å². The highest BCUT2D eigenvalue weighted by molar-refractivity contribution is 14.0. The largest absolute Gasteiger partial charge is 0.383 e. The number of thioether (sulfide) groups is 1. The summed E-state index contributed by atoms with van der Waals surface area (Å²) in [5.74, 6) is 2.66. The van der Waals surface area contributed by atoms with E-state index in [2.05, 4.69) is 63.2 Å². The summed E-state index contributed by atoms with van der Waals surface area (Å²) in [6.45, 7) is 5.63. The van der Waals surface area contributed by atoms with E-state index < -0.39 is 5.60 Å². The second-order valence-corrected chi connectivity index (χ2v) is 8.59. The van der Waals surface area contributed by atoms with Gasteiger partial charge in [0.1, 0.15) is 5.60 Å². The Morgan fingerprint density at radius 2 is 1.97 bits per heavy atom. The molecule has 1 atom stereocenters. The molecule has 1 aromatic heterocycles. The summed E-state index contributed by atoms with van der Waals surface area (Å²) in [6.07, 6.45) is 3.50. The van der Waals surface area contributed by atoms with E-state index in [1.54, 1.807) is 17.8 Å². The van der Waals surface area contributed by atoms with Crippen molar-refractivity contribution in [2.24, 2.45) is 12.0 Å². The standard InChI is InChI=1S/C23H31N5OS.HI/c1-4-24-22(26-17-23(2,29)20-14-27-28(3)15-20)25-12-13-30-16-19-10-7-9-18-8-5-6-11-21(18)19;/h5-11,14-15,29H,4,12-13,16-17H2,1-3H3,(H2,24,25,26);1H. The fourth-order valence-electron chi connectivity index (χ4n) is 3.21. The van der Waals surface area contributed by atoms with E-state index in [4.69, 9.17) is 0 Å². The topological polar surface area (TPSA) is 74.5 Å². The molecule has 1 heterocycles. The molecule has 1 unspecified atom stereocenters. The van der Waals surface area contributed by atoms with Crippen molar-refractivity contribution in [3.05, 3.63) is 66.0 Å². The molecular formula is C23H32IN5OS. The number of guanidine groups is 1. The van der Waals surface area contributed by atoms with Crippen LogP contribution in [0.15, 0.2) is 59.9 Å². The third kappa shape index (κ3) is 7.40. The summed E-state index contributed by atoms with van der Waals surface area (Å²) in [5, 5.41) is 24.1. The van der Waals surface area contributed by atoms with Crippen molar-refractivity contribution in [1.29, 1.82) is 0 Å². The van der Waals surface area contributed by atoms with E-state index in [-0.39, 0.29) is 30.5 Å². The monoisotopic (exact) mass is 553 g/mol. The van der Waals surface area contributed by atoms with Gasteiger partial charge in [-0.05, 0) is 30.2 Å². The maximum absolute atomic E-state index is 10.7. The summed E-state index contributed by atoms with van der Waals surface area (Å²) < 4.78 is 1.68. The lowest BCUT2D eigenvalue weighted by Crippen LogP contribution is -2.39. The van der Waals surface area contributed by atoms with Crippen LogP contribution in [-0.4, -0.2) is 46.2 Å².